The van der Waals surface area contributed by atoms with Crippen molar-refractivity contribution in [2.45, 2.75) is 6.92 Å². The molecule has 0 saturated heterocycles. The Morgan fingerprint density at radius 2 is 1.85 bits per heavy atom. The van der Waals surface area contributed by atoms with Crippen LogP contribution >= 0.6 is 11.6 Å². The summed E-state index contributed by atoms with van der Waals surface area (Å²) in [7, 11) is 0. The highest BCUT2D eigenvalue weighted by atomic mass is 35.5. The van der Waals surface area contributed by atoms with Gasteiger partial charge in [0.25, 0.3) is 11.5 Å². The fourth-order valence-corrected chi connectivity index (χ4v) is 3.61. The number of amides is 1. The second kappa shape index (κ2) is 10.2. The minimum Gasteiger partial charge on any atom is -0.490 e. The molecule has 172 valence electrons. The Morgan fingerprint density at radius 3 is 2.59 bits per heavy atom. The predicted molar refractivity (Wildman–Crippen MR) is 132 cm³/mol. The topological polar surface area (TPSA) is 109 Å². The van der Waals surface area contributed by atoms with Gasteiger partial charge in [0.05, 0.1) is 28.7 Å². The van der Waals surface area contributed by atoms with E-state index in [-0.39, 0.29) is 22.9 Å². The van der Waals surface area contributed by atoms with Crippen LogP contribution in [-0.4, -0.2) is 35.0 Å². The largest absolute Gasteiger partial charge is 0.490 e. The van der Waals surface area contributed by atoms with Gasteiger partial charge in [0, 0.05) is 5.56 Å². The zero-order valence-corrected chi connectivity index (χ0v) is 19.0. The van der Waals surface area contributed by atoms with Crippen molar-refractivity contribution in [2.24, 2.45) is 10.8 Å². The summed E-state index contributed by atoms with van der Waals surface area (Å²) in [5.41, 5.74) is 6.73. The number of ether oxygens (including phenoxy) is 2. The van der Waals surface area contributed by atoms with E-state index in [0.717, 1.165) is 5.56 Å². The number of hydrogen-bond acceptors (Lipinski definition) is 6. The zero-order chi connectivity index (χ0) is 24.1. The van der Waals surface area contributed by atoms with Crippen molar-refractivity contribution in [2.75, 3.05) is 13.2 Å². The summed E-state index contributed by atoms with van der Waals surface area (Å²) in [6.45, 7) is 1.81. The van der Waals surface area contributed by atoms with Crippen molar-refractivity contribution < 1.29 is 14.3 Å². The van der Waals surface area contributed by atoms with Crippen LogP contribution in [0.2, 0.25) is 5.02 Å². The van der Waals surface area contributed by atoms with E-state index in [1.165, 1.54) is 10.9 Å². The molecule has 0 bridgehead atoms. The molecule has 4 rings (SSSR count). The standard InChI is InChI=1S/C25H21ClN4O4/c1-2-33-21-13-16(12-19(26)23(21)34-15-22(27)31)14-28-30-24(17-8-4-3-5-9-17)29-20-11-7-6-10-18(20)25(30)32/h3-14H,2,15H2,1H3,(H2,27,31). The van der Waals surface area contributed by atoms with Gasteiger partial charge in [-0.2, -0.15) is 9.78 Å². The fourth-order valence-electron chi connectivity index (χ4n) is 3.34. The lowest BCUT2D eigenvalue weighted by Crippen LogP contribution is -2.20. The fraction of sp³-hybridized carbons (Fsp3) is 0.120. The molecule has 9 heteroatoms. The van der Waals surface area contributed by atoms with E-state index in [1.807, 2.05) is 36.4 Å². The van der Waals surface area contributed by atoms with E-state index in [2.05, 4.69) is 10.1 Å². The summed E-state index contributed by atoms with van der Waals surface area (Å²) < 4.78 is 12.3. The lowest BCUT2D eigenvalue weighted by atomic mass is 10.2. The quantitative estimate of drug-likeness (QED) is 0.388. The molecule has 8 nitrogen and oxygen atoms in total. The molecule has 0 spiro atoms. The van der Waals surface area contributed by atoms with Gasteiger partial charge in [0.1, 0.15) is 0 Å². The van der Waals surface area contributed by atoms with Crippen LogP contribution in [0.4, 0.5) is 0 Å². The molecule has 0 atom stereocenters. The van der Waals surface area contributed by atoms with Crippen molar-refractivity contribution >= 4 is 34.6 Å². The van der Waals surface area contributed by atoms with Crippen molar-refractivity contribution in [1.82, 2.24) is 9.66 Å². The number of carbonyl (C=O) groups is 1. The first-order valence-electron chi connectivity index (χ1n) is 10.5. The van der Waals surface area contributed by atoms with E-state index >= 15 is 0 Å². The molecule has 4 aromatic rings. The molecule has 0 aliphatic heterocycles. The van der Waals surface area contributed by atoms with E-state index in [4.69, 9.17) is 26.8 Å². The summed E-state index contributed by atoms with van der Waals surface area (Å²) in [6.07, 6.45) is 1.48. The Kier molecular flexibility index (Phi) is 6.89. The Hall–Kier alpha value is -4.17. The van der Waals surface area contributed by atoms with Gasteiger partial charge >= 0.3 is 0 Å². The van der Waals surface area contributed by atoms with Gasteiger partial charge in [-0.25, -0.2) is 4.98 Å². The number of hydrogen-bond donors (Lipinski definition) is 1. The maximum atomic E-state index is 13.3. The van der Waals surface area contributed by atoms with Gasteiger partial charge in [-0.1, -0.05) is 54.1 Å². The van der Waals surface area contributed by atoms with Crippen LogP contribution in [0.15, 0.2) is 76.6 Å². The van der Waals surface area contributed by atoms with Crippen LogP contribution in [0.25, 0.3) is 22.3 Å². The number of fused-ring (bicyclic) bond motifs is 1. The lowest BCUT2D eigenvalue weighted by Gasteiger charge is -2.13. The summed E-state index contributed by atoms with van der Waals surface area (Å²) in [4.78, 5) is 29.1. The Bertz CT molecular complexity index is 1430. The molecule has 1 heterocycles. The zero-order valence-electron chi connectivity index (χ0n) is 18.3. The Morgan fingerprint density at radius 1 is 1.12 bits per heavy atom. The van der Waals surface area contributed by atoms with E-state index in [1.54, 1.807) is 37.3 Å². The van der Waals surface area contributed by atoms with E-state index < -0.39 is 5.91 Å². The summed E-state index contributed by atoms with van der Waals surface area (Å²) in [5.74, 6) is 0.290. The maximum Gasteiger partial charge on any atom is 0.282 e. The molecule has 0 saturated carbocycles. The molecular formula is C25H21ClN4O4. The highest BCUT2D eigenvalue weighted by Gasteiger charge is 2.15. The van der Waals surface area contributed by atoms with Crippen LogP contribution < -0.4 is 20.8 Å². The van der Waals surface area contributed by atoms with Crippen LogP contribution in [0, 0.1) is 0 Å². The molecule has 0 radical (unpaired) electrons. The van der Waals surface area contributed by atoms with Gasteiger partial charge in [0.2, 0.25) is 0 Å². The highest BCUT2D eigenvalue weighted by Crippen LogP contribution is 2.36. The number of para-hydroxylation sites is 1. The molecule has 2 N–H and O–H groups in total. The molecule has 0 aliphatic carbocycles. The third-order valence-electron chi connectivity index (χ3n) is 4.80. The Labute approximate surface area is 200 Å². The number of nitrogens with two attached hydrogens (primary N) is 1. The minimum absolute atomic E-state index is 0.203. The third kappa shape index (κ3) is 4.92. The van der Waals surface area contributed by atoms with Crippen LogP contribution in [0.1, 0.15) is 12.5 Å². The SMILES string of the molecule is CCOc1cc(C=Nn2c(-c3ccccc3)nc3ccccc3c2=O)cc(Cl)c1OCC(N)=O. The number of halogens is 1. The van der Waals surface area contributed by atoms with Crippen LogP contribution in [0.5, 0.6) is 11.5 Å². The van der Waals surface area contributed by atoms with Gasteiger partial charge < -0.3 is 15.2 Å². The van der Waals surface area contributed by atoms with Crippen molar-refractivity contribution in [3.8, 4) is 22.9 Å². The van der Waals surface area contributed by atoms with Gasteiger partial charge in [-0.05, 0) is 36.8 Å². The minimum atomic E-state index is -0.638. The number of nitrogens with zero attached hydrogens (tertiary/aromatic N) is 3. The van der Waals surface area contributed by atoms with Crippen LogP contribution in [-0.2, 0) is 4.79 Å². The number of benzene rings is 3. The van der Waals surface area contributed by atoms with Crippen molar-refractivity contribution in [3.63, 3.8) is 0 Å². The molecule has 0 aliphatic rings. The molecule has 0 unspecified atom stereocenters. The van der Waals surface area contributed by atoms with Crippen LogP contribution in [0.3, 0.4) is 0 Å². The first-order valence-corrected chi connectivity index (χ1v) is 10.8. The second-order valence-corrected chi connectivity index (χ2v) is 7.61. The third-order valence-corrected chi connectivity index (χ3v) is 5.08. The summed E-state index contributed by atoms with van der Waals surface area (Å²) in [6, 6.07) is 19.7. The number of primary amides is 1. The monoisotopic (exact) mass is 476 g/mol. The second-order valence-electron chi connectivity index (χ2n) is 7.20. The normalized spacial score (nSPS) is 11.1. The van der Waals surface area contributed by atoms with E-state index in [9.17, 15) is 9.59 Å². The van der Waals surface area contributed by atoms with E-state index in [0.29, 0.717) is 34.6 Å². The van der Waals surface area contributed by atoms with Crippen molar-refractivity contribution in [3.05, 3.63) is 87.7 Å². The molecular weight excluding hydrogens is 456 g/mol. The summed E-state index contributed by atoms with van der Waals surface area (Å²) >= 11 is 6.37. The van der Waals surface area contributed by atoms with Gasteiger partial charge in [-0.15, -0.1) is 0 Å². The predicted octanol–water partition coefficient (Wildman–Crippen LogP) is 3.86. The first-order chi connectivity index (χ1) is 16.5. The average molecular weight is 477 g/mol. The number of carbonyl (C=O) groups excluding carboxylic acids is 1. The van der Waals surface area contributed by atoms with Gasteiger partial charge in [0.15, 0.2) is 23.9 Å². The molecule has 3 aromatic carbocycles. The van der Waals surface area contributed by atoms with Crippen molar-refractivity contribution in [1.29, 1.82) is 0 Å². The van der Waals surface area contributed by atoms with Gasteiger partial charge in [-0.3, -0.25) is 9.59 Å². The Balaban J connectivity index is 1.81. The summed E-state index contributed by atoms with van der Waals surface area (Å²) in [5, 5.41) is 5.09. The molecule has 1 amide bonds. The molecule has 34 heavy (non-hydrogen) atoms. The first kappa shape index (κ1) is 23.0. The average Bonchev–Trinajstić information content (AvgIpc) is 2.83. The molecule has 0 fully saturated rings. The number of rotatable bonds is 8. The highest BCUT2D eigenvalue weighted by molar-refractivity contribution is 6.32. The molecule has 1 aromatic heterocycles. The smallest absolute Gasteiger partial charge is 0.282 e. The number of aromatic nitrogens is 2. The maximum absolute atomic E-state index is 13.3. The lowest BCUT2D eigenvalue weighted by molar-refractivity contribution is -0.119.